The molecule has 0 aromatic carbocycles. The maximum atomic E-state index is 11.6. The largest absolute Gasteiger partial charge is 0.343 e. The van der Waals surface area contributed by atoms with Crippen LogP contribution in [0.1, 0.15) is 10.5 Å². The Morgan fingerprint density at radius 1 is 1.39 bits per heavy atom. The molecule has 6 heteroatoms. The topological polar surface area (TPSA) is 74.3 Å². The van der Waals surface area contributed by atoms with E-state index in [1.165, 1.54) is 6.20 Å². The molecule has 0 aliphatic heterocycles. The first kappa shape index (κ1) is 14.1. The maximum Gasteiger partial charge on any atom is 0.270 e. The van der Waals surface area contributed by atoms with E-state index in [9.17, 15) is 9.59 Å². The van der Waals surface area contributed by atoms with Crippen LogP contribution in [-0.4, -0.2) is 55.4 Å². The third-order valence-corrected chi connectivity index (χ3v) is 2.42. The molecule has 2 amide bonds. The van der Waals surface area contributed by atoms with Crippen LogP contribution in [0, 0.1) is 0 Å². The number of nitrogens with zero attached hydrogens (tertiary/aromatic N) is 2. The minimum absolute atomic E-state index is 0.0182. The summed E-state index contributed by atoms with van der Waals surface area (Å²) < 4.78 is 0. The molecule has 1 heterocycles. The molecule has 2 N–H and O–H groups in total. The van der Waals surface area contributed by atoms with Crippen molar-refractivity contribution in [2.24, 2.45) is 0 Å². The Balaban J connectivity index is 2.36. The summed E-state index contributed by atoms with van der Waals surface area (Å²) in [5, 5.41) is 5.50. The molecule has 0 radical (unpaired) electrons. The first-order valence-corrected chi connectivity index (χ1v) is 5.73. The minimum Gasteiger partial charge on any atom is -0.343 e. The fraction of sp³-hybridized carbons (Fsp3) is 0.417. The highest BCUT2D eigenvalue weighted by molar-refractivity contribution is 5.94. The number of aromatic nitrogens is 1. The summed E-state index contributed by atoms with van der Waals surface area (Å²) in [6.45, 7) is 1.31. The van der Waals surface area contributed by atoms with Gasteiger partial charge in [0.15, 0.2) is 0 Å². The van der Waals surface area contributed by atoms with Crippen molar-refractivity contribution in [3.8, 4) is 0 Å². The summed E-state index contributed by atoms with van der Waals surface area (Å²) in [5.74, 6) is -0.472. The highest BCUT2D eigenvalue weighted by Gasteiger charge is 2.11. The van der Waals surface area contributed by atoms with E-state index in [1.807, 2.05) is 7.05 Å². The van der Waals surface area contributed by atoms with E-state index in [4.69, 9.17) is 0 Å². The van der Waals surface area contributed by atoms with Crippen LogP contribution >= 0.6 is 0 Å². The van der Waals surface area contributed by atoms with E-state index in [-0.39, 0.29) is 18.4 Å². The molecule has 0 aliphatic rings. The summed E-state index contributed by atoms with van der Waals surface area (Å²) >= 11 is 0. The molecule has 18 heavy (non-hydrogen) atoms. The zero-order valence-corrected chi connectivity index (χ0v) is 10.6. The Kier molecular flexibility index (Phi) is 5.79. The van der Waals surface area contributed by atoms with Crippen molar-refractivity contribution in [3.05, 3.63) is 30.1 Å². The van der Waals surface area contributed by atoms with Gasteiger partial charge in [0.05, 0.1) is 6.54 Å². The first-order valence-electron chi connectivity index (χ1n) is 5.73. The molecule has 0 atom stereocenters. The average molecular weight is 250 g/mol. The van der Waals surface area contributed by atoms with Crippen LogP contribution in [0.2, 0.25) is 0 Å². The van der Waals surface area contributed by atoms with E-state index < -0.39 is 0 Å². The molecular weight excluding hydrogens is 232 g/mol. The van der Waals surface area contributed by atoms with Crippen molar-refractivity contribution in [1.82, 2.24) is 20.5 Å². The number of carbonyl (C=O) groups excluding carboxylic acids is 2. The number of pyridine rings is 1. The van der Waals surface area contributed by atoms with Crippen LogP contribution in [0.15, 0.2) is 24.4 Å². The molecule has 0 saturated heterocycles. The summed E-state index contributed by atoms with van der Waals surface area (Å²) in [4.78, 5) is 28.7. The van der Waals surface area contributed by atoms with E-state index in [2.05, 4.69) is 15.6 Å². The smallest absolute Gasteiger partial charge is 0.270 e. The van der Waals surface area contributed by atoms with Crippen molar-refractivity contribution in [3.63, 3.8) is 0 Å². The van der Waals surface area contributed by atoms with Gasteiger partial charge in [-0.05, 0) is 19.2 Å². The normalized spacial score (nSPS) is 9.89. The molecule has 0 unspecified atom stereocenters. The second-order valence-corrected chi connectivity index (χ2v) is 3.82. The van der Waals surface area contributed by atoms with Crippen LogP contribution in [0.25, 0.3) is 0 Å². The van der Waals surface area contributed by atoms with Crippen molar-refractivity contribution < 1.29 is 9.59 Å². The van der Waals surface area contributed by atoms with Crippen molar-refractivity contribution in [1.29, 1.82) is 0 Å². The number of carbonyl (C=O) groups is 2. The van der Waals surface area contributed by atoms with Gasteiger partial charge in [0.2, 0.25) is 5.91 Å². The zero-order chi connectivity index (χ0) is 13.4. The van der Waals surface area contributed by atoms with E-state index in [1.54, 1.807) is 30.1 Å². The molecule has 1 rings (SSSR count). The second kappa shape index (κ2) is 7.39. The predicted molar refractivity (Wildman–Crippen MR) is 68.1 cm³/mol. The number of nitrogens with one attached hydrogen (secondary N) is 2. The molecule has 1 aromatic heterocycles. The fourth-order valence-electron chi connectivity index (χ4n) is 1.28. The predicted octanol–water partition coefficient (Wildman–Crippen LogP) is -0.511. The Bertz CT molecular complexity index is 394. The molecule has 0 saturated carbocycles. The molecule has 6 nitrogen and oxygen atoms in total. The number of hydrogen-bond donors (Lipinski definition) is 2. The highest BCUT2D eigenvalue weighted by atomic mass is 16.2. The van der Waals surface area contributed by atoms with Crippen LogP contribution in [-0.2, 0) is 4.79 Å². The second-order valence-electron chi connectivity index (χ2n) is 3.82. The monoisotopic (exact) mass is 250 g/mol. The lowest BCUT2D eigenvalue weighted by Gasteiger charge is -2.16. The molecule has 0 bridgehead atoms. The summed E-state index contributed by atoms with van der Waals surface area (Å²) in [7, 11) is 3.52. The molecule has 0 aliphatic carbocycles. The quantitative estimate of drug-likeness (QED) is 0.713. The molecule has 0 fully saturated rings. The third kappa shape index (κ3) is 4.50. The number of likely N-dealkylation sites (N-methyl/N-ethyl adjacent to an activating group) is 2. The lowest BCUT2D eigenvalue weighted by Crippen LogP contribution is -2.40. The Labute approximate surface area is 106 Å². The number of hydrogen-bond acceptors (Lipinski definition) is 4. The highest BCUT2D eigenvalue weighted by Crippen LogP contribution is 1.92. The minimum atomic E-state index is -0.342. The summed E-state index contributed by atoms with van der Waals surface area (Å²) in [6, 6.07) is 5.06. The molecule has 0 spiro atoms. The van der Waals surface area contributed by atoms with Gasteiger partial charge in [-0.25, -0.2) is 0 Å². The summed E-state index contributed by atoms with van der Waals surface area (Å²) in [6.07, 6.45) is 1.54. The van der Waals surface area contributed by atoms with Crippen molar-refractivity contribution >= 4 is 11.8 Å². The Morgan fingerprint density at radius 2 is 2.17 bits per heavy atom. The standard InChI is InChI=1S/C12H18N4O2/c1-13-7-8-16(2)11(17)9-15-12(18)10-5-3-4-6-14-10/h3-6,13H,7-9H2,1-2H3,(H,15,18). The van der Waals surface area contributed by atoms with Gasteiger partial charge in [0.25, 0.3) is 5.91 Å². The lowest BCUT2D eigenvalue weighted by molar-refractivity contribution is -0.128. The lowest BCUT2D eigenvalue weighted by atomic mass is 10.3. The van der Waals surface area contributed by atoms with Gasteiger partial charge in [0, 0.05) is 26.3 Å². The van der Waals surface area contributed by atoms with Crippen molar-refractivity contribution in [2.45, 2.75) is 0 Å². The molecule has 98 valence electrons. The van der Waals surface area contributed by atoms with Gasteiger partial charge in [0.1, 0.15) is 5.69 Å². The van der Waals surface area contributed by atoms with Gasteiger partial charge >= 0.3 is 0 Å². The van der Waals surface area contributed by atoms with E-state index in [0.29, 0.717) is 12.2 Å². The van der Waals surface area contributed by atoms with E-state index in [0.717, 1.165) is 6.54 Å². The average Bonchev–Trinajstić information content (AvgIpc) is 2.42. The Morgan fingerprint density at radius 3 is 2.78 bits per heavy atom. The van der Waals surface area contributed by atoms with Gasteiger partial charge in [-0.1, -0.05) is 6.07 Å². The number of rotatable bonds is 6. The van der Waals surface area contributed by atoms with Gasteiger partial charge in [-0.2, -0.15) is 0 Å². The van der Waals surface area contributed by atoms with Crippen LogP contribution < -0.4 is 10.6 Å². The van der Waals surface area contributed by atoms with Gasteiger partial charge < -0.3 is 15.5 Å². The first-order chi connectivity index (χ1) is 8.65. The zero-order valence-electron chi connectivity index (χ0n) is 10.6. The maximum absolute atomic E-state index is 11.6. The SMILES string of the molecule is CNCCN(C)C(=O)CNC(=O)c1ccccn1. The van der Waals surface area contributed by atoms with Crippen LogP contribution in [0.5, 0.6) is 0 Å². The molecular formula is C12H18N4O2. The van der Waals surface area contributed by atoms with Gasteiger partial charge in [-0.15, -0.1) is 0 Å². The Hall–Kier alpha value is -1.95. The van der Waals surface area contributed by atoms with Crippen LogP contribution in [0.4, 0.5) is 0 Å². The third-order valence-electron chi connectivity index (χ3n) is 2.42. The summed E-state index contributed by atoms with van der Waals surface area (Å²) in [5.41, 5.74) is 0.308. The van der Waals surface area contributed by atoms with Gasteiger partial charge in [-0.3, -0.25) is 14.6 Å². The fourth-order valence-corrected chi connectivity index (χ4v) is 1.28. The van der Waals surface area contributed by atoms with Crippen LogP contribution in [0.3, 0.4) is 0 Å². The van der Waals surface area contributed by atoms with E-state index >= 15 is 0 Å². The number of amides is 2. The van der Waals surface area contributed by atoms with Crippen molar-refractivity contribution in [2.75, 3.05) is 33.7 Å². The molecule has 1 aromatic rings.